The summed E-state index contributed by atoms with van der Waals surface area (Å²) in [4.78, 5) is 6.42. The predicted octanol–water partition coefficient (Wildman–Crippen LogP) is 3.35. The van der Waals surface area contributed by atoms with Crippen molar-refractivity contribution in [2.45, 2.75) is 26.3 Å². The van der Waals surface area contributed by atoms with E-state index in [-0.39, 0.29) is 0 Å². The summed E-state index contributed by atoms with van der Waals surface area (Å²) < 4.78 is 4.53. The molecule has 1 fully saturated rings. The van der Waals surface area contributed by atoms with Crippen molar-refractivity contribution < 1.29 is 0 Å². The summed E-state index contributed by atoms with van der Waals surface area (Å²) in [7, 11) is 2.21. The maximum Gasteiger partial charge on any atom is 0.0715 e. The van der Waals surface area contributed by atoms with E-state index in [1.165, 1.54) is 16.0 Å². The Morgan fingerprint density at radius 3 is 2.55 bits per heavy atom. The molecule has 0 amide bonds. The fourth-order valence-electron chi connectivity index (χ4n) is 3.25. The number of hydrogen-bond donors (Lipinski definition) is 0. The molecule has 118 valence electrons. The van der Waals surface area contributed by atoms with Gasteiger partial charge in [0.2, 0.25) is 0 Å². The highest BCUT2D eigenvalue weighted by molar-refractivity contribution is 7.05. The van der Waals surface area contributed by atoms with Crippen LogP contribution in [0.4, 0.5) is 0 Å². The lowest BCUT2D eigenvalue weighted by molar-refractivity contribution is 0.128. The average molecular weight is 315 g/mol. The quantitative estimate of drug-likeness (QED) is 0.862. The number of piperazine rings is 1. The highest BCUT2D eigenvalue weighted by Gasteiger charge is 2.28. The molecule has 22 heavy (non-hydrogen) atoms. The van der Waals surface area contributed by atoms with Crippen LogP contribution in [0.1, 0.15) is 34.7 Å². The molecule has 1 saturated heterocycles. The summed E-state index contributed by atoms with van der Waals surface area (Å²) in [6.45, 7) is 8.86. The zero-order valence-corrected chi connectivity index (χ0v) is 14.6. The Hall–Kier alpha value is -1.23. The predicted molar refractivity (Wildman–Crippen MR) is 93.6 cm³/mol. The fraction of sp³-hybridized carbons (Fsp3) is 0.500. The third-order valence-corrected chi connectivity index (χ3v) is 5.48. The van der Waals surface area contributed by atoms with E-state index in [1.54, 1.807) is 11.5 Å². The Morgan fingerprint density at radius 1 is 1.18 bits per heavy atom. The van der Waals surface area contributed by atoms with Crippen molar-refractivity contribution in [2.75, 3.05) is 33.2 Å². The smallest absolute Gasteiger partial charge is 0.0715 e. The van der Waals surface area contributed by atoms with Gasteiger partial charge in [-0.15, -0.1) is 0 Å². The summed E-state index contributed by atoms with van der Waals surface area (Å²) in [6, 6.07) is 11.5. The SMILES string of the molecule is CCc1ccccc1C(c1cc(C)ns1)N1CCN(C)CC1. The molecule has 1 aliphatic rings. The number of rotatable bonds is 4. The van der Waals surface area contributed by atoms with Gasteiger partial charge in [-0.3, -0.25) is 4.90 Å². The molecule has 2 heterocycles. The molecular weight excluding hydrogens is 290 g/mol. The van der Waals surface area contributed by atoms with E-state index in [2.05, 4.69) is 65.4 Å². The van der Waals surface area contributed by atoms with Crippen molar-refractivity contribution in [3.8, 4) is 0 Å². The van der Waals surface area contributed by atoms with Crippen LogP contribution in [0.25, 0.3) is 0 Å². The molecule has 1 aromatic carbocycles. The van der Waals surface area contributed by atoms with Gasteiger partial charge in [0.15, 0.2) is 0 Å². The first kappa shape index (κ1) is 15.7. The van der Waals surface area contributed by atoms with Crippen molar-refractivity contribution in [1.82, 2.24) is 14.2 Å². The zero-order chi connectivity index (χ0) is 15.5. The zero-order valence-electron chi connectivity index (χ0n) is 13.7. The Morgan fingerprint density at radius 2 is 1.91 bits per heavy atom. The topological polar surface area (TPSA) is 19.4 Å². The molecule has 0 bridgehead atoms. The Kier molecular flexibility index (Phi) is 4.91. The lowest BCUT2D eigenvalue weighted by atomic mass is 9.95. The highest BCUT2D eigenvalue weighted by Crippen LogP contribution is 2.34. The maximum atomic E-state index is 4.53. The van der Waals surface area contributed by atoms with Crippen LogP contribution in [0.2, 0.25) is 0 Å². The molecule has 3 rings (SSSR count). The summed E-state index contributed by atoms with van der Waals surface area (Å²) in [5.74, 6) is 0. The molecule has 1 aliphatic heterocycles. The van der Waals surface area contributed by atoms with Crippen LogP contribution in [0.3, 0.4) is 0 Å². The molecule has 1 atom stereocenters. The van der Waals surface area contributed by atoms with Gasteiger partial charge in [-0.1, -0.05) is 31.2 Å². The van der Waals surface area contributed by atoms with Crippen molar-refractivity contribution in [2.24, 2.45) is 0 Å². The Bertz CT molecular complexity index is 614. The molecule has 0 radical (unpaired) electrons. The van der Waals surface area contributed by atoms with Crippen molar-refractivity contribution >= 4 is 11.5 Å². The third kappa shape index (κ3) is 3.24. The molecule has 0 aliphatic carbocycles. The van der Waals surface area contributed by atoms with Crippen LogP contribution in [0.15, 0.2) is 30.3 Å². The highest BCUT2D eigenvalue weighted by atomic mass is 32.1. The van der Waals surface area contributed by atoms with E-state index >= 15 is 0 Å². The van der Waals surface area contributed by atoms with Gasteiger partial charge >= 0.3 is 0 Å². The second-order valence-corrected chi connectivity index (χ2v) is 7.00. The first-order valence-corrected chi connectivity index (χ1v) is 8.90. The van der Waals surface area contributed by atoms with E-state index in [1.807, 2.05) is 0 Å². The molecule has 2 aromatic rings. The van der Waals surface area contributed by atoms with E-state index < -0.39 is 0 Å². The molecule has 3 nitrogen and oxygen atoms in total. The lowest BCUT2D eigenvalue weighted by Gasteiger charge is -2.38. The van der Waals surface area contributed by atoms with E-state index in [4.69, 9.17) is 0 Å². The second-order valence-electron chi connectivity index (χ2n) is 6.16. The standard InChI is InChI=1S/C18H25N3S/c1-4-15-7-5-6-8-16(15)18(17-13-14(2)19-22-17)21-11-9-20(3)10-12-21/h5-8,13,18H,4,9-12H2,1-3H3. The van der Waals surface area contributed by atoms with Crippen LogP contribution in [0, 0.1) is 6.92 Å². The summed E-state index contributed by atoms with van der Waals surface area (Å²) >= 11 is 1.66. The number of benzene rings is 1. The van der Waals surface area contributed by atoms with Crippen molar-refractivity contribution in [3.05, 3.63) is 52.0 Å². The van der Waals surface area contributed by atoms with Gasteiger partial charge < -0.3 is 4.90 Å². The number of aromatic nitrogens is 1. The summed E-state index contributed by atoms with van der Waals surface area (Å²) in [5.41, 5.74) is 4.05. The minimum absolute atomic E-state index is 0.357. The molecular formula is C18H25N3S. The normalized spacial score (nSPS) is 18.5. The van der Waals surface area contributed by atoms with Gasteiger partial charge in [-0.05, 0) is 49.1 Å². The average Bonchev–Trinajstić information content (AvgIpc) is 2.96. The van der Waals surface area contributed by atoms with Gasteiger partial charge in [0, 0.05) is 31.1 Å². The van der Waals surface area contributed by atoms with Gasteiger partial charge in [0.05, 0.1) is 11.7 Å². The Balaban J connectivity index is 1.99. The minimum atomic E-state index is 0.357. The van der Waals surface area contributed by atoms with Crippen molar-refractivity contribution in [3.63, 3.8) is 0 Å². The lowest BCUT2D eigenvalue weighted by Crippen LogP contribution is -2.46. The van der Waals surface area contributed by atoms with E-state index in [9.17, 15) is 0 Å². The molecule has 0 N–H and O–H groups in total. The van der Waals surface area contributed by atoms with Gasteiger partial charge in [-0.2, -0.15) is 4.37 Å². The molecule has 1 unspecified atom stereocenters. The van der Waals surface area contributed by atoms with Gasteiger partial charge in [0.1, 0.15) is 0 Å². The summed E-state index contributed by atoms with van der Waals surface area (Å²) in [6.07, 6.45) is 1.08. The van der Waals surface area contributed by atoms with Crippen LogP contribution >= 0.6 is 11.5 Å². The van der Waals surface area contributed by atoms with E-state index in [0.29, 0.717) is 6.04 Å². The Labute approximate surface area is 137 Å². The second kappa shape index (κ2) is 6.90. The third-order valence-electron chi connectivity index (χ3n) is 4.55. The number of likely N-dealkylation sites (N-methyl/N-ethyl adjacent to an activating group) is 1. The molecule has 0 spiro atoms. The maximum absolute atomic E-state index is 4.53. The number of hydrogen-bond acceptors (Lipinski definition) is 4. The van der Waals surface area contributed by atoms with E-state index in [0.717, 1.165) is 38.3 Å². The van der Waals surface area contributed by atoms with Crippen LogP contribution in [-0.4, -0.2) is 47.4 Å². The first-order valence-electron chi connectivity index (χ1n) is 8.12. The summed E-state index contributed by atoms with van der Waals surface area (Å²) in [5, 5.41) is 0. The molecule has 0 saturated carbocycles. The van der Waals surface area contributed by atoms with Gasteiger partial charge in [0.25, 0.3) is 0 Å². The monoisotopic (exact) mass is 315 g/mol. The first-order chi connectivity index (χ1) is 10.7. The van der Waals surface area contributed by atoms with Crippen LogP contribution in [-0.2, 0) is 6.42 Å². The largest absolute Gasteiger partial charge is 0.304 e. The van der Waals surface area contributed by atoms with Gasteiger partial charge in [-0.25, -0.2) is 0 Å². The number of aryl methyl sites for hydroxylation is 2. The van der Waals surface area contributed by atoms with Crippen LogP contribution in [0.5, 0.6) is 0 Å². The fourth-order valence-corrected chi connectivity index (χ4v) is 4.15. The van der Waals surface area contributed by atoms with Crippen molar-refractivity contribution in [1.29, 1.82) is 0 Å². The minimum Gasteiger partial charge on any atom is -0.304 e. The van der Waals surface area contributed by atoms with Crippen LogP contribution < -0.4 is 0 Å². The number of nitrogens with zero attached hydrogens (tertiary/aromatic N) is 3. The molecule has 1 aromatic heterocycles. The molecule has 4 heteroatoms.